The lowest BCUT2D eigenvalue weighted by atomic mass is 10.1. The molecule has 0 aliphatic heterocycles. The van der Waals surface area contributed by atoms with Gasteiger partial charge in [0, 0.05) is 18.0 Å². The highest BCUT2D eigenvalue weighted by Gasteiger charge is 2.13. The van der Waals surface area contributed by atoms with Crippen LogP contribution in [0, 0.1) is 0 Å². The Kier molecular flexibility index (Phi) is 6.82. The van der Waals surface area contributed by atoms with E-state index in [1.165, 1.54) is 0 Å². The average Bonchev–Trinajstić information content (AvgIpc) is 2.58. The number of rotatable bonds is 8. The number of hydrogen-bond donors (Lipinski definition) is 1. The first-order valence-electron chi connectivity index (χ1n) is 7.85. The van der Waals surface area contributed by atoms with Crippen LogP contribution >= 0.6 is 11.6 Å². The quantitative estimate of drug-likeness (QED) is 0.747. The third-order valence-corrected chi connectivity index (χ3v) is 3.72. The molecular formula is C19H20ClNO3. The van der Waals surface area contributed by atoms with E-state index in [0.717, 1.165) is 16.9 Å². The van der Waals surface area contributed by atoms with Crippen molar-refractivity contribution < 1.29 is 14.3 Å². The number of halogens is 1. The van der Waals surface area contributed by atoms with Crippen LogP contribution in [0.1, 0.15) is 18.1 Å². The van der Waals surface area contributed by atoms with E-state index in [9.17, 15) is 9.59 Å². The van der Waals surface area contributed by atoms with Crippen LogP contribution in [0.2, 0.25) is 5.02 Å². The van der Waals surface area contributed by atoms with Crippen molar-refractivity contribution in [3.05, 3.63) is 64.7 Å². The number of carbonyl (C=O) groups is 2. The second kappa shape index (κ2) is 9.08. The van der Waals surface area contributed by atoms with Gasteiger partial charge in [-0.05, 0) is 48.7 Å². The smallest absolute Gasteiger partial charge is 0.287 e. The Labute approximate surface area is 146 Å². The summed E-state index contributed by atoms with van der Waals surface area (Å²) in [7, 11) is 0. The standard InChI is InChI=1S/C19H20ClNO3/c1-2-24-17-9-5-14(6-10-17)11-12-21-19(23)18(22)13-15-3-7-16(20)8-4-15/h3-10H,2,11-13H2,1H3,(H,21,23). The van der Waals surface area contributed by atoms with Crippen LogP contribution in [-0.4, -0.2) is 24.8 Å². The van der Waals surface area contributed by atoms with Crippen molar-refractivity contribution >= 4 is 23.3 Å². The maximum atomic E-state index is 11.9. The molecule has 0 saturated heterocycles. The van der Waals surface area contributed by atoms with Crippen LogP contribution in [0.4, 0.5) is 0 Å². The lowest BCUT2D eigenvalue weighted by Gasteiger charge is -2.07. The van der Waals surface area contributed by atoms with Crippen molar-refractivity contribution in [1.82, 2.24) is 5.32 Å². The van der Waals surface area contributed by atoms with Gasteiger partial charge in [-0.2, -0.15) is 0 Å². The Balaban J connectivity index is 1.75. The molecule has 0 atom stereocenters. The van der Waals surface area contributed by atoms with Crippen LogP contribution in [0.3, 0.4) is 0 Å². The molecule has 0 spiro atoms. The van der Waals surface area contributed by atoms with E-state index < -0.39 is 11.7 Å². The molecule has 24 heavy (non-hydrogen) atoms. The first kappa shape index (κ1) is 18.0. The summed E-state index contributed by atoms with van der Waals surface area (Å²) in [6, 6.07) is 14.6. The Morgan fingerprint density at radius 3 is 2.25 bits per heavy atom. The van der Waals surface area contributed by atoms with Crippen molar-refractivity contribution in [2.45, 2.75) is 19.8 Å². The highest BCUT2D eigenvalue weighted by atomic mass is 35.5. The summed E-state index contributed by atoms with van der Waals surface area (Å²) in [4.78, 5) is 23.7. The summed E-state index contributed by atoms with van der Waals surface area (Å²) < 4.78 is 5.38. The number of carbonyl (C=O) groups excluding carboxylic acids is 2. The van der Waals surface area contributed by atoms with Gasteiger partial charge in [0.1, 0.15) is 5.75 Å². The van der Waals surface area contributed by atoms with E-state index >= 15 is 0 Å². The van der Waals surface area contributed by atoms with Gasteiger partial charge >= 0.3 is 0 Å². The monoisotopic (exact) mass is 345 g/mol. The summed E-state index contributed by atoms with van der Waals surface area (Å²) in [6.07, 6.45) is 0.735. The fourth-order valence-corrected chi connectivity index (χ4v) is 2.33. The molecule has 0 fully saturated rings. The fourth-order valence-electron chi connectivity index (χ4n) is 2.21. The Morgan fingerprint density at radius 2 is 1.62 bits per heavy atom. The number of ketones is 1. The molecule has 2 rings (SSSR count). The van der Waals surface area contributed by atoms with Crippen molar-refractivity contribution in [1.29, 1.82) is 0 Å². The van der Waals surface area contributed by atoms with Crippen LogP contribution in [0.15, 0.2) is 48.5 Å². The lowest BCUT2D eigenvalue weighted by molar-refractivity contribution is -0.137. The average molecular weight is 346 g/mol. The second-order valence-corrected chi connectivity index (χ2v) is 5.75. The van der Waals surface area contributed by atoms with Gasteiger partial charge in [-0.25, -0.2) is 0 Å². The van der Waals surface area contributed by atoms with Gasteiger partial charge < -0.3 is 10.1 Å². The summed E-state index contributed by atoms with van der Waals surface area (Å²) in [6.45, 7) is 2.98. The first-order valence-corrected chi connectivity index (χ1v) is 8.23. The van der Waals surface area contributed by atoms with E-state index in [1.807, 2.05) is 31.2 Å². The maximum absolute atomic E-state index is 11.9. The number of benzene rings is 2. The number of Topliss-reactive ketones (excluding diaryl/α,β-unsaturated/α-hetero) is 1. The fraction of sp³-hybridized carbons (Fsp3) is 0.263. The van der Waals surface area contributed by atoms with Gasteiger partial charge in [0.2, 0.25) is 5.78 Å². The summed E-state index contributed by atoms with van der Waals surface area (Å²) >= 11 is 5.79. The minimum absolute atomic E-state index is 0.0755. The topological polar surface area (TPSA) is 55.4 Å². The van der Waals surface area contributed by atoms with Crippen molar-refractivity contribution in [2.75, 3.05) is 13.2 Å². The molecule has 126 valence electrons. The Hall–Kier alpha value is -2.33. The van der Waals surface area contributed by atoms with Crippen molar-refractivity contribution in [3.63, 3.8) is 0 Å². The van der Waals surface area contributed by atoms with Crippen LogP contribution in [-0.2, 0) is 22.4 Å². The molecule has 2 aromatic rings. The van der Waals surface area contributed by atoms with Crippen LogP contribution in [0.5, 0.6) is 5.75 Å². The van der Waals surface area contributed by atoms with E-state index in [2.05, 4.69) is 5.32 Å². The summed E-state index contributed by atoms with van der Waals surface area (Å²) in [5, 5.41) is 3.26. The predicted molar refractivity (Wildman–Crippen MR) is 94.5 cm³/mol. The highest BCUT2D eigenvalue weighted by Crippen LogP contribution is 2.12. The van der Waals surface area contributed by atoms with Crippen molar-refractivity contribution in [3.8, 4) is 5.75 Å². The van der Waals surface area contributed by atoms with E-state index in [4.69, 9.17) is 16.3 Å². The molecule has 0 aliphatic rings. The van der Waals surface area contributed by atoms with Crippen LogP contribution in [0.25, 0.3) is 0 Å². The number of amides is 1. The van der Waals surface area contributed by atoms with Gasteiger partial charge in [-0.1, -0.05) is 35.9 Å². The molecule has 1 N–H and O–H groups in total. The zero-order chi connectivity index (χ0) is 17.4. The first-order chi connectivity index (χ1) is 11.6. The highest BCUT2D eigenvalue weighted by molar-refractivity contribution is 6.36. The number of nitrogens with one attached hydrogen (secondary N) is 1. The minimum Gasteiger partial charge on any atom is -0.494 e. The maximum Gasteiger partial charge on any atom is 0.287 e. The molecule has 0 heterocycles. The molecule has 0 aromatic heterocycles. The SMILES string of the molecule is CCOc1ccc(CCNC(=O)C(=O)Cc2ccc(Cl)cc2)cc1. The molecule has 0 unspecified atom stereocenters. The molecule has 0 bridgehead atoms. The Morgan fingerprint density at radius 1 is 1.00 bits per heavy atom. The zero-order valence-corrected chi connectivity index (χ0v) is 14.3. The summed E-state index contributed by atoms with van der Waals surface area (Å²) in [5.74, 6) is -0.191. The predicted octanol–water partition coefficient (Wildman–Crippen LogP) is 3.21. The molecule has 5 heteroatoms. The van der Waals surface area contributed by atoms with Gasteiger partial charge in [-0.15, -0.1) is 0 Å². The molecule has 2 aromatic carbocycles. The lowest BCUT2D eigenvalue weighted by Crippen LogP contribution is -2.33. The third-order valence-electron chi connectivity index (χ3n) is 3.46. The third kappa shape index (κ3) is 5.70. The van der Waals surface area contributed by atoms with Crippen LogP contribution < -0.4 is 10.1 Å². The molecule has 0 aliphatic carbocycles. The molecule has 4 nitrogen and oxygen atoms in total. The molecular weight excluding hydrogens is 326 g/mol. The van der Waals surface area contributed by atoms with Gasteiger partial charge in [-0.3, -0.25) is 9.59 Å². The van der Waals surface area contributed by atoms with Crippen molar-refractivity contribution in [2.24, 2.45) is 0 Å². The number of ether oxygens (including phenoxy) is 1. The van der Waals surface area contributed by atoms with Gasteiger partial charge in [0.15, 0.2) is 0 Å². The Bertz CT molecular complexity index is 681. The largest absolute Gasteiger partial charge is 0.494 e. The van der Waals surface area contributed by atoms with Gasteiger partial charge in [0.05, 0.1) is 6.61 Å². The van der Waals surface area contributed by atoms with Gasteiger partial charge in [0.25, 0.3) is 5.91 Å². The molecule has 0 radical (unpaired) electrons. The zero-order valence-electron chi connectivity index (χ0n) is 13.5. The second-order valence-electron chi connectivity index (χ2n) is 5.31. The van der Waals surface area contributed by atoms with E-state index in [1.54, 1.807) is 24.3 Å². The molecule has 0 saturated carbocycles. The minimum atomic E-state index is -0.559. The number of hydrogen-bond acceptors (Lipinski definition) is 3. The van der Waals surface area contributed by atoms with E-state index in [-0.39, 0.29) is 6.42 Å². The molecule has 1 amide bonds. The normalized spacial score (nSPS) is 10.2. The van der Waals surface area contributed by atoms with E-state index in [0.29, 0.717) is 24.6 Å². The summed E-state index contributed by atoms with van der Waals surface area (Å²) in [5.41, 5.74) is 1.84.